The van der Waals surface area contributed by atoms with Crippen LogP contribution < -0.4 is 18.9 Å². The van der Waals surface area contributed by atoms with Crippen molar-refractivity contribution >= 4 is 17.9 Å². The molecule has 0 bridgehead atoms. The fourth-order valence-corrected chi connectivity index (χ4v) is 3.25. The Morgan fingerprint density at radius 2 is 1.00 bits per heavy atom. The lowest BCUT2D eigenvalue weighted by molar-refractivity contribution is -0.129. The standard InChI is InChI=1S/C31H26O7/c1-6-29(32)36-23-13-9-21(10-14-23)25-18-28(38-31(34)8-3)26(17-27(25)35-19-20(4)5)22-11-15-24(16-12-22)37-30(33)7-2/h6-19H,1-3H2,4-5H3. The summed E-state index contributed by atoms with van der Waals surface area (Å²) in [6.45, 7) is 14.1. The van der Waals surface area contributed by atoms with Crippen molar-refractivity contribution in [1.29, 1.82) is 0 Å². The Morgan fingerprint density at radius 1 is 0.605 bits per heavy atom. The lowest BCUT2D eigenvalue weighted by Crippen LogP contribution is -2.05. The number of esters is 3. The third kappa shape index (κ3) is 7.18. The van der Waals surface area contributed by atoms with E-state index >= 15 is 0 Å². The third-order valence-electron chi connectivity index (χ3n) is 4.98. The van der Waals surface area contributed by atoms with Gasteiger partial charge in [-0.3, -0.25) is 0 Å². The summed E-state index contributed by atoms with van der Waals surface area (Å²) in [7, 11) is 0. The summed E-state index contributed by atoms with van der Waals surface area (Å²) < 4.78 is 21.9. The second-order valence-electron chi connectivity index (χ2n) is 8.08. The molecule has 0 aliphatic carbocycles. The molecule has 3 rings (SSSR count). The second kappa shape index (κ2) is 12.7. The van der Waals surface area contributed by atoms with Crippen LogP contribution in [-0.2, 0) is 14.4 Å². The van der Waals surface area contributed by atoms with Crippen LogP contribution >= 0.6 is 0 Å². The minimum Gasteiger partial charge on any atom is -0.464 e. The highest BCUT2D eigenvalue weighted by Gasteiger charge is 2.18. The molecule has 192 valence electrons. The zero-order chi connectivity index (χ0) is 27.7. The highest BCUT2D eigenvalue weighted by molar-refractivity contribution is 5.88. The molecule has 7 nitrogen and oxygen atoms in total. The van der Waals surface area contributed by atoms with Crippen molar-refractivity contribution in [2.24, 2.45) is 0 Å². The van der Waals surface area contributed by atoms with E-state index < -0.39 is 17.9 Å². The van der Waals surface area contributed by atoms with Gasteiger partial charge in [0.15, 0.2) is 0 Å². The van der Waals surface area contributed by atoms with Crippen LogP contribution in [0.1, 0.15) is 13.8 Å². The van der Waals surface area contributed by atoms with Gasteiger partial charge in [0.2, 0.25) is 0 Å². The zero-order valence-electron chi connectivity index (χ0n) is 21.1. The summed E-state index contributed by atoms with van der Waals surface area (Å²) in [6, 6.07) is 16.9. The molecule has 38 heavy (non-hydrogen) atoms. The summed E-state index contributed by atoms with van der Waals surface area (Å²) in [4.78, 5) is 35.2. The van der Waals surface area contributed by atoms with E-state index in [0.717, 1.165) is 29.4 Å². The molecule has 0 saturated heterocycles. The molecule has 0 fully saturated rings. The minimum atomic E-state index is -0.640. The Kier molecular flexibility index (Phi) is 9.16. The maximum absolute atomic E-state index is 12.2. The predicted molar refractivity (Wildman–Crippen MR) is 145 cm³/mol. The molecule has 3 aromatic rings. The monoisotopic (exact) mass is 510 g/mol. The fourth-order valence-electron chi connectivity index (χ4n) is 3.25. The number of hydrogen-bond donors (Lipinski definition) is 0. The van der Waals surface area contributed by atoms with Crippen molar-refractivity contribution in [2.75, 3.05) is 0 Å². The average molecular weight is 511 g/mol. The molecular formula is C31H26O7. The normalized spacial score (nSPS) is 9.95. The van der Waals surface area contributed by atoms with Crippen LogP contribution in [0.3, 0.4) is 0 Å². The average Bonchev–Trinajstić information content (AvgIpc) is 2.92. The van der Waals surface area contributed by atoms with Gasteiger partial charge in [-0.05, 0) is 66.9 Å². The van der Waals surface area contributed by atoms with Crippen molar-refractivity contribution in [3.8, 4) is 45.3 Å². The van der Waals surface area contributed by atoms with Gasteiger partial charge in [-0.25, -0.2) is 14.4 Å². The SMILES string of the molecule is C=CC(=O)Oc1ccc(-c2cc(OC(=O)C=C)c(-c3ccc(OC(=O)C=C)cc3)cc2OC=C(C)C)cc1. The van der Waals surface area contributed by atoms with Crippen molar-refractivity contribution in [3.63, 3.8) is 0 Å². The Morgan fingerprint density at radius 3 is 1.42 bits per heavy atom. The van der Waals surface area contributed by atoms with Gasteiger partial charge in [0.1, 0.15) is 23.0 Å². The smallest absolute Gasteiger partial charge is 0.335 e. The van der Waals surface area contributed by atoms with Gasteiger partial charge in [-0.1, -0.05) is 44.0 Å². The predicted octanol–water partition coefficient (Wildman–Crippen LogP) is 6.60. The first kappa shape index (κ1) is 27.4. The Balaban J connectivity index is 2.14. The molecule has 0 saturated carbocycles. The first-order valence-corrected chi connectivity index (χ1v) is 11.5. The number of carbonyl (C=O) groups excluding carboxylic acids is 3. The molecule has 0 radical (unpaired) electrons. The molecule has 0 aromatic heterocycles. The number of ether oxygens (including phenoxy) is 4. The van der Waals surface area contributed by atoms with Gasteiger partial charge < -0.3 is 18.9 Å². The van der Waals surface area contributed by atoms with Crippen LogP contribution in [-0.4, -0.2) is 17.9 Å². The number of hydrogen-bond acceptors (Lipinski definition) is 7. The molecular weight excluding hydrogens is 484 g/mol. The van der Waals surface area contributed by atoms with E-state index in [-0.39, 0.29) is 5.75 Å². The van der Waals surface area contributed by atoms with E-state index in [1.165, 1.54) is 0 Å². The molecule has 0 atom stereocenters. The highest BCUT2D eigenvalue weighted by atomic mass is 16.5. The van der Waals surface area contributed by atoms with Crippen molar-refractivity contribution in [1.82, 2.24) is 0 Å². The molecule has 0 N–H and O–H groups in total. The van der Waals surface area contributed by atoms with Gasteiger partial charge in [0, 0.05) is 29.4 Å². The topological polar surface area (TPSA) is 88.1 Å². The van der Waals surface area contributed by atoms with Crippen LogP contribution in [0.15, 0.2) is 110 Å². The third-order valence-corrected chi connectivity index (χ3v) is 4.98. The van der Waals surface area contributed by atoms with E-state index in [4.69, 9.17) is 18.9 Å². The van der Waals surface area contributed by atoms with Gasteiger partial charge in [-0.2, -0.15) is 0 Å². The molecule has 0 amide bonds. The lowest BCUT2D eigenvalue weighted by Gasteiger charge is -2.16. The van der Waals surface area contributed by atoms with Crippen LogP contribution in [0, 0.1) is 0 Å². The zero-order valence-corrected chi connectivity index (χ0v) is 21.1. The van der Waals surface area contributed by atoms with E-state index in [2.05, 4.69) is 19.7 Å². The maximum atomic E-state index is 12.2. The first-order valence-electron chi connectivity index (χ1n) is 11.5. The van der Waals surface area contributed by atoms with Crippen molar-refractivity contribution in [3.05, 3.63) is 110 Å². The Bertz CT molecular complexity index is 1410. The van der Waals surface area contributed by atoms with E-state index in [0.29, 0.717) is 33.9 Å². The number of allylic oxidation sites excluding steroid dienone is 1. The second-order valence-corrected chi connectivity index (χ2v) is 8.08. The number of rotatable bonds is 10. The molecule has 0 unspecified atom stereocenters. The van der Waals surface area contributed by atoms with Crippen LogP contribution in [0.4, 0.5) is 0 Å². The molecule has 3 aromatic carbocycles. The minimum absolute atomic E-state index is 0.257. The summed E-state index contributed by atoms with van der Waals surface area (Å²) in [5.74, 6) is -0.372. The van der Waals surface area contributed by atoms with E-state index in [9.17, 15) is 14.4 Å². The van der Waals surface area contributed by atoms with Crippen LogP contribution in [0.2, 0.25) is 0 Å². The van der Waals surface area contributed by atoms with Gasteiger partial charge >= 0.3 is 17.9 Å². The Hall–Kier alpha value is -5.17. The van der Waals surface area contributed by atoms with E-state index in [1.807, 2.05) is 13.8 Å². The number of carbonyl (C=O) groups is 3. The molecule has 7 heteroatoms. The lowest BCUT2D eigenvalue weighted by atomic mass is 9.97. The quantitative estimate of drug-likeness (QED) is 0.131. The summed E-state index contributed by atoms with van der Waals surface area (Å²) in [6.07, 6.45) is 4.82. The largest absolute Gasteiger partial charge is 0.464 e. The summed E-state index contributed by atoms with van der Waals surface area (Å²) in [5, 5.41) is 0. The maximum Gasteiger partial charge on any atom is 0.335 e. The van der Waals surface area contributed by atoms with Crippen LogP contribution in [0.5, 0.6) is 23.0 Å². The first-order chi connectivity index (χ1) is 18.2. The van der Waals surface area contributed by atoms with E-state index in [1.54, 1.807) is 66.9 Å². The van der Waals surface area contributed by atoms with Gasteiger partial charge in [0.25, 0.3) is 0 Å². The summed E-state index contributed by atoms with van der Waals surface area (Å²) >= 11 is 0. The van der Waals surface area contributed by atoms with Crippen molar-refractivity contribution < 1.29 is 33.3 Å². The van der Waals surface area contributed by atoms with Crippen LogP contribution in [0.25, 0.3) is 22.3 Å². The molecule has 0 aliphatic heterocycles. The Labute approximate surface area is 220 Å². The molecule has 0 spiro atoms. The molecule has 0 aliphatic rings. The molecule has 0 heterocycles. The number of benzene rings is 3. The summed E-state index contributed by atoms with van der Waals surface area (Å²) in [5.41, 5.74) is 3.50. The van der Waals surface area contributed by atoms with Gasteiger partial charge in [0.05, 0.1) is 6.26 Å². The highest BCUT2D eigenvalue weighted by Crippen LogP contribution is 2.42. The van der Waals surface area contributed by atoms with Crippen molar-refractivity contribution in [2.45, 2.75) is 13.8 Å². The van der Waals surface area contributed by atoms with Gasteiger partial charge in [-0.15, -0.1) is 0 Å². The fraction of sp³-hybridized carbons (Fsp3) is 0.0645.